The van der Waals surface area contributed by atoms with Crippen molar-refractivity contribution in [3.05, 3.63) is 83.9 Å². The fourth-order valence-electron chi connectivity index (χ4n) is 5.61. The zero-order valence-electron chi connectivity index (χ0n) is 22.3. The zero-order valence-corrected chi connectivity index (χ0v) is 22.3. The molecule has 5 rings (SSSR count). The number of alkyl halides is 1. The van der Waals surface area contributed by atoms with Gasteiger partial charge in [0.25, 0.3) is 0 Å². The molecule has 0 unspecified atom stereocenters. The molecule has 204 valence electrons. The van der Waals surface area contributed by atoms with E-state index in [1.807, 2.05) is 86.6 Å². The second-order valence-electron chi connectivity index (χ2n) is 10.6. The van der Waals surface area contributed by atoms with Crippen LogP contribution >= 0.6 is 0 Å². The molecular formula is C30H34FN5O3. The van der Waals surface area contributed by atoms with E-state index in [0.717, 1.165) is 26.9 Å². The van der Waals surface area contributed by atoms with Crippen LogP contribution in [0.2, 0.25) is 0 Å². The molecule has 0 saturated carbocycles. The van der Waals surface area contributed by atoms with Crippen LogP contribution in [0.4, 0.5) is 9.18 Å². The highest BCUT2D eigenvalue weighted by Gasteiger charge is 2.51. The van der Waals surface area contributed by atoms with Crippen molar-refractivity contribution in [2.75, 3.05) is 19.9 Å². The number of nitrogens with one attached hydrogen (secondary N) is 1. The molecule has 9 heteroatoms. The van der Waals surface area contributed by atoms with Crippen molar-refractivity contribution in [1.82, 2.24) is 25.1 Å². The van der Waals surface area contributed by atoms with Gasteiger partial charge in [-0.2, -0.15) is 5.01 Å². The first-order chi connectivity index (χ1) is 18.9. The molecular weight excluding hydrogens is 497 g/mol. The van der Waals surface area contributed by atoms with Crippen molar-refractivity contribution in [2.24, 2.45) is 5.92 Å². The van der Waals surface area contributed by atoms with Gasteiger partial charge in [-0.15, -0.1) is 0 Å². The molecule has 0 aliphatic carbocycles. The lowest BCUT2D eigenvalue weighted by Gasteiger charge is -2.54. The van der Waals surface area contributed by atoms with Crippen LogP contribution in [0.5, 0.6) is 0 Å². The first-order valence-electron chi connectivity index (χ1n) is 13.4. The number of carbonyl (C=O) groups is 3. The lowest BCUT2D eigenvalue weighted by atomic mass is 9.96. The molecule has 2 aliphatic rings. The van der Waals surface area contributed by atoms with Gasteiger partial charge in [0, 0.05) is 13.1 Å². The van der Waals surface area contributed by atoms with Crippen LogP contribution in [0.15, 0.2) is 72.8 Å². The Labute approximate surface area is 227 Å². The summed E-state index contributed by atoms with van der Waals surface area (Å²) in [5, 5.41) is 7.40. The van der Waals surface area contributed by atoms with Crippen LogP contribution in [0.3, 0.4) is 0 Å². The molecule has 8 nitrogen and oxygen atoms in total. The Morgan fingerprint density at radius 1 is 1.00 bits per heavy atom. The van der Waals surface area contributed by atoms with E-state index in [9.17, 15) is 18.8 Å². The molecule has 2 heterocycles. The number of hydrazine groups is 1. The summed E-state index contributed by atoms with van der Waals surface area (Å²) < 4.78 is 14.2. The number of nitrogens with zero attached hydrogens (tertiary/aromatic N) is 4. The molecule has 4 amide bonds. The summed E-state index contributed by atoms with van der Waals surface area (Å²) in [6, 6.07) is 22.1. The van der Waals surface area contributed by atoms with E-state index in [2.05, 4.69) is 5.32 Å². The molecule has 0 radical (unpaired) electrons. The minimum absolute atomic E-state index is 0.0810. The summed E-state index contributed by atoms with van der Waals surface area (Å²) in [5.74, 6) is -0.377. The molecule has 2 aliphatic heterocycles. The molecule has 2 fully saturated rings. The number of piperazine rings is 1. The van der Waals surface area contributed by atoms with Gasteiger partial charge in [-0.25, -0.2) is 14.2 Å². The van der Waals surface area contributed by atoms with E-state index in [-0.39, 0.29) is 37.4 Å². The predicted molar refractivity (Wildman–Crippen MR) is 146 cm³/mol. The van der Waals surface area contributed by atoms with Gasteiger partial charge in [0.05, 0.1) is 6.54 Å². The first kappa shape index (κ1) is 26.6. The molecule has 2 saturated heterocycles. The average molecular weight is 532 g/mol. The number of amides is 4. The summed E-state index contributed by atoms with van der Waals surface area (Å²) in [5.41, 5.74) is 1.87. The highest BCUT2D eigenvalue weighted by atomic mass is 19.1. The summed E-state index contributed by atoms with van der Waals surface area (Å²) in [6.07, 6.45) is -0.378. The third-order valence-electron chi connectivity index (χ3n) is 7.40. The van der Waals surface area contributed by atoms with Crippen LogP contribution in [0.1, 0.15) is 31.4 Å². The lowest BCUT2D eigenvalue weighted by Crippen LogP contribution is -2.76. The largest absolute Gasteiger partial charge is 0.334 e. The summed E-state index contributed by atoms with van der Waals surface area (Å²) in [7, 11) is 0. The van der Waals surface area contributed by atoms with Crippen molar-refractivity contribution >= 4 is 28.6 Å². The van der Waals surface area contributed by atoms with E-state index in [0.29, 0.717) is 13.0 Å². The van der Waals surface area contributed by atoms with E-state index >= 15 is 0 Å². The monoisotopic (exact) mass is 531 g/mol. The molecule has 1 N–H and O–H groups in total. The van der Waals surface area contributed by atoms with Crippen LogP contribution < -0.4 is 5.32 Å². The summed E-state index contributed by atoms with van der Waals surface area (Å²) >= 11 is 0. The maximum absolute atomic E-state index is 14.2. The molecule has 2 atom stereocenters. The van der Waals surface area contributed by atoms with Gasteiger partial charge in [0.15, 0.2) is 6.80 Å². The highest BCUT2D eigenvalue weighted by Crippen LogP contribution is 2.31. The van der Waals surface area contributed by atoms with Gasteiger partial charge in [-0.3, -0.25) is 9.59 Å². The Bertz CT molecular complexity index is 1350. The van der Waals surface area contributed by atoms with Crippen molar-refractivity contribution < 1.29 is 18.8 Å². The standard InChI is InChI=1S/C30H34FN5O3/c1-21(2)15-26-29(38)33(17-24-13-8-12-23-11-6-7-14-25(23)24)18-27-35(26)28(37)19-34(20-31)36(27)30(39)32-16-22-9-4-3-5-10-22/h3-14,21,26-27H,15-20H2,1-2H3,(H,32,39)/t26-,27-/m0/s1. The first-order valence-corrected chi connectivity index (χ1v) is 13.4. The predicted octanol–water partition coefficient (Wildman–Crippen LogP) is 4.12. The number of urea groups is 1. The Hall–Kier alpha value is -3.98. The quantitative estimate of drug-likeness (QED) is 0.466. The van der Waals surface area contributed by atoms with Crippen molar-refractivity contribution in [3.8, 4) is 0 Å². The minimum atomic E-state index is -0.999. The third kappa shape index (κ3) is 5.45. The average Bonchev–Trinajstić information content (AvgIpc) is 2.94. The van der Waals surface area contributed by atoms with Gasteiger partial charge in [-0.1, -0.05) is 86.6 Å². The van der Waals surface area contributed by atoms with E-state index in [1.165, 1.54) is 9.91 Å². The Morgan fingerprint density at radius 3 is 2.46 bits per heavy atom. The van der Waals surface area contributed by atoms with Gasteiger partial charge in [-0.05, 0) is 34.2 Å². The molecule has 3 aromatic carbocycles. The van der Waals surface area contributed by atoms with Crippen LogP contribution in [0.25, 0.3) is 10.8 Å². The number of fused-ring (bicyclic) bond motifs is 2. The number of benzene rings is 3. The maximum Gasteiger partial charge on any atom is 0.334 e. The SMILES string of the molecule is CC(C)C[C@H]1C(=O)N(Cc2cccc3ccccc23)C[C@H]2N1C(=O)CN(CF)N2C(=O)NCc1ccccc1. The second kappa shape index (κ2) is 11.4. The van der Waals surface area contributed by atoms with E-state index in [1.54, 1.807) is 4.90 Å². The maximum atomic E-state index is 14.2. The Balaban J connectivity index is 1.47. The highest BCUT2D eigenvalue weighted by molar-refractivity contribution is 5.92. The fraction of sp³-hybridized carbons (Fsp3) is 0.367. The van der Waals surface area contributed by atoms with Crippen LogP contribution in [-0.2, 0) is 22.7 Å². The fourth-order valence-corrected chi connectivity index (χ4v) is 5.61. The second-order valence-corrected chi connectivity index (χ2v) is 10.6. The normalized spacial score (nSPS) is 20.1. The number of rotatable bonds is 7. The summed E-state index contributed by atoms with van der Waals surface area (Å²) in [4.78, 5) is 43.9. The van der Waals surface area contributed by atoms with Crippen molar-refractivity contribution in [3.63, 3.8) is 0 Å². The molecule has 39 heavy (non-hydrogen) atoms. The molecule has 0 spiro atoms. The van der Waals surface area contributed by atoms with E-state index < -0.39 is 25.0 Å². The van der Waals surface area contributed by atoms with Crippen LogP contribution in [0, 0.1) is 5.92 Å². The molecule has 3 aromatic rings. The molecule has 0 aromatic heterocycles. The summed E-state index contributed by atoms with van der Waals surface area (Å²) in [6.45, 7) is 3.35. The van der Waals surface area contributed by atoms with E-state index in [4.69, 9.17) is 0 Å². The van der Waals surface area contributed by atoms with Crippen LogP contribution in [-0.4, -0.2) is 69.8 Å². The lowest BCUT2D eigenvalue weighted by molar-refractivity contribution is -0.196. The van der Waals surface area contributed by atoms with Crippen molar-refractivity contribution in [2.45, 2.75) is 45.6 Å². The van der Waals surface area contributed by atoms with Gasteiger partial charge < -0.3 is 15.1 Å². The Kier molecular flexibility index (Phi) is 7.79. The smallest absolute Gasteiger partial charge is 0.333 e. The number of hydrogen-bond donors (Lipinski definition) is 1. The van der Waals surface area contributed by atoms with Crippen molar-refractivity contribution in [1.29, 1.82) is 0 Å². The number of carbonyl (C=O) groups excluding carboxylic acids is 3. The zero-order chi connectivity index (χ0) is 27.5. The number of halogens is 1. The van der Waals surface area contributed by atoms with Gasteiger partial charge in [0.2, 0.25) is 11.8 Å². The third-order valence-corrected chi connectivity index (χ3v) is 7.40. The minimum Gasteiger partial charge on any atom is -0.333 e. The Morgan fingerprint density at radius 2 is 1.72 bits per heavy atom. The van der Waals surface area contributed by atoms with Gasteiger partial charge >= 0.3 is 6.03 Å². The number of hydrogen-bond acceptors (Lipinski definition) is 4. The van der Waals surface area contributed by atoms with Gasteiger partial charge in [0.1, 0.15) is 18.8 Å². The topological polar surface area (TPSA) is 76.2 Å². The molecule has 0 bridgehead atoms.